The van der Waals surface area contributed by atoms with Crippen molar-refractivity contribution in [1.29, 1.82) is 0 Å². The molecule has 0 aliphatic carbocycles. The number of carbonyl (C=O) groups excluding carboxylic acids is 2. The second-order valence-electron chi connectivity index (χ2n) is 26.0. The topological polar surface area (TPSA) is 205 Å². The number of ketones is 2. The molecule has 18 rings (SSSR count). The summed E-state index contributed by atoms with van der Waals surface area (Å²) >= 11 is 5.10. The van der Waals surface area contributed by atoms with Gasteiger partial charge in [0, 0.05) is 152 Å². The third-order valence-electron chi connectivity index (χ3n) is 16.4. The first-order valence-corrected chi connectivity index (χ1v) is 44.7. The van der Waals surface area contributed by atoms with Crippen LogP contribution >= 0.6 is 49.9 Å². The van der Waals surface area contributed by atoms with Crippen LogP contribution in [0.1, 0.15) is 39.1 Å². The van der Waals surface area contributed by atoms with Crippen molar-refractivity contribution in [2.24, 2.45) is 0 Å². The van der Waals surface area contributed by atoms with Gasteiger partial charge in [-0.05, 0) is 189 Å². The Morgan fingerprint density at radius 3 is 1.15 bits per heavy atom. The summed E-state index contributed by atoms with van der Waals surface area (Å²) in [6.45, 7) is 14.2. The van der Waals surface area contributed by atoms with Gasteiger partial charge in [0.15, 0.2) is 11.6 Å². The molecule has 0 aliphatic heterocycles. The molecule has 0 bridgehead atoms. The molecule has 4 radical (unpaired) electrons. The smallest absolute Gasteiger partial charge is 0.512 e. The molecule has 0 fully saturated rings. The van der Waals surface area contributed by atoms with Crippen LogP contribution < -0.4 is 26.3 Å². The predicted octanol–water partition coefficient (Wildman–Crippen LogP) is 23.0. The van der Waals surface area contributed by atoms with Gasteiger partial charge in [-0.1, -0.05) is 150 Å². The maximum Gasteiger partial charge on any atom is 1.00 e. The Balaban J connectivity index is 0.000000292. The van der Waals surface area contributed by atoms with E-state index in [1.165, 1.54) is 75.9 Å². The maximum atomic E-state index is 10.0. The van der Waals surface area contributed by atoms with Crippen LogP contribution in [0.15, 0.2) is 394 Å². The van der Waals surface area contributed by atoms with Crippen molar-refractivity contribution in [1.82, 2.24) is 50.1 Å². The summed E-state index contributed by atoms with van der Waals surface area (Å²) < 4.78 is 2.49. The van der Waals surface area contributed by atoms with Crippen LogP contribution in [0.25, 0.3) is 86.2 Å². The van der Waals surface area contributed by atoms with E-state index in [1.807, 2.05) is 207 Å². The minimum Gasteiger partial charge on any atom is -0.512 e. The molecule has 14 nitrogen and oxygen atoms in total. The van der Waals surface area contributed by atoms with Crippen LogP contribution in [0.3, 0.4) is 0 Å². The van der Waals surface area contributed by atoms with Crippen LogP contribution in [0, 0.1) is 38.1 Å². The number of pyridine rings is 6. The van der Waals surface area contributed by atoms with E-state index in [1.54, 1.807) is 65.0 Å². The number of aliphatic hydroxyl groups is 2. The Bertz CT molecular complexity index is 5470. The number of fused-ring (bicyclic) bond motifs is 2. The summed E-state index contributed by atoms with van der Waals surface area (Å²) in [6.07, 6.45) is 13.0. The molecule has 125 heavy (non-hydrogen) atoms. The Hall–Kier alpha value is -10.1. The number of thiazole rings is 1. The van der Waals surface area contributed by atoms with Gasteiger partial charge in [0.1, 0.15) is 0 Å². The van der Waals surface area contributed by atoms with Gasteiger partial charge in [-0.15, -0.1) is 101 Å². The molecule has 0 amide bonds. The Kier molecular flexibility index (Phi) is 52.6. The summed E-state index contributed by atoms with van der Waals surface area (Å²) in [6, 6.07) is 123. The zero-order chi connectivity index (χ0) is 84.7. The number of allylic oxidation sites excluding steroid dienone is 4. The molecule has 24 heteroatoms. The second kappa shape index (κ2) is 61.3. The van der Waals surface area contributed by atoms with Gasteiger partial charge in [-0.3, -0.25) is 34.6 Å². The van der Waals surface area contributed by atoms with Crippen molar-refractivity contribution in [2.45, 2.75) is 41.5 Å². The average Bonchev–Trinajstić information content (AvgIpc) is 1.69. The molecular formula is C101H91Ir3N10O4OsP2PtS3-2. The Morgan fingerprint density at radius 1 is 0.392 bits per heavy atom. The quantitative estimate of drug-likeness (QED) is 0.0506. The van der Waals surface area contributed by atoms with E-state index in [4.69, 9.17) is 10.2 Å². The van der Waals surface area contributed by atoms with Crippen LogP contribution in [-0.4, -0.2) is 80.1 Å². The first-order chi connectivity index (χ1) is 58.5. The molecule has 644 valence electrons. The molecule has 10 heterocycles. The molecule has 0 aliphatic rings. The minimum atomic E-state index is -0.545. The fraction of sp³-hybridized carbons (Fsp3) is 0.0792. The maximum absolute atomic E-state index is 10.0. The fourth-order valence-corrected chi connectivity index (χ4v) is 16.8. The number of carbonyl (C=O) groups is 2. The van der Waals surface area contributed by atoms with E-state index in [9.17, 15) is 9.59 Å². The van der Waals surface area contributed by atoms with E-state index in [-0.39, 0.29) is 124 Å². The zero-order valence-corrected chi connectivity index (χ0v) is 85.9. The van der Waals surface area contributed by atoms with Gasteiger partial charge in [0.2, 0.25) is 0 Å². The van der Waals surface area contributed by atoms with E-state index in [0.717, 1.165) is 71.1 Å². The normalized spacial score (nSPS) is 9.97. The van der Waals surface area contributed by atoms with Crippen LogP contribution in [0.4, 0.5) is 0 Å². The van der Waals surface area contributed by atoms with Crippen molar-refractivity contribution < 1.29 is 121 Å². The summed E-state index contributed by atoms with van der Waals surface area (Å²) in [5, 5.41) is 34.6. The minimum absolute atomic E-state index is 0. The van der Waals surface area contributed by atoms with Gasteiger partial charge < -0.3 is 35.2 Å². The standard InChI is InChI=1S/2C13H8NS.2C13H13P.C11H8N.C10H8N2.C9H9N4.C9H6NS.2C5H8O2.3Ir.Os.Pt/c1-2-7-12-10(5-1)9-13(15-12)11-6-3-4-8-14-11;1-2-6-10(7-3-1)13-14-11-8-4-5-9-12(11)15-13;2*1-14(12-8-4-2-5-9-12)13-10-6-3-7-11-13;1-2-6-10(7-3-1)11-8-4-5-9-12-11;1-3-7-11-9(5-1)10-6-2-4-8-12-10;1-6-3-4-10-8(5-6)9-11-7(2)12-13-9;1-2-6-10-8(4-1)9-5-3-7-11-9;2*1-4(6)3-5(2)7;;;;;/h1-8H;1-6,8-9H;2*2-11H,1H3;1-6,8-9H;1-8H;3-5H,1-2H3;1-4,6-7H;2*3,6H,1-2H3;;;;;/q2*-1;;;-1;;2*-1;;;;;;+1;/p+2. The molecule has 18 aromatic rings. The Morgan fingerprint density at radius 2 is 0.784 bits per heavy atom. The van der Waals surface area contributed by atoms with E-state index >= 15 is 0 Å². The second-order valence-corrected chi connectivity index (χ2v) is 33.8. The van der Waals surface area contributed by atoms with Gasteiger partial charge >= 0.3 is 19.8 Å². The Labute approximate surface area is 815 Å². The SMILES string of the molecule is CC(=O)C=C(C)O.CC(=O)C=C(C)O.C[PH+](c1ccccc1)c1ccccc1.C[PH+](c1ccccc1)c1ccccc1.Cc1ccnc(-c2nc(C)n[n-]2)c1.[Ir].[Ir].[Ir].[Os+].[Pt].[c-]1c(-c2ccccn2)sc2ccccc12.[c-]1ccccc1-c1ccccn1.[c-]1ccccc1-c1nc2ccccc2s1.[c-]1ccsc1-c1ccccn1.c1ccc(-c2ccccn2)nc1. The largest absolute Gasteiger partial charge is 1.00 e. The molecule has 0 saturated carbocycles. The number of thiophene rings is 2. The van der Waals surface area contributed by atoms with Crippen LogP contribution in [-0.2, 0) is 111 Å². The summed E-state index contributed by atoms with van der Waals surface area (Å²) in [7, 11) is -1.09. The third-order valence-corrected chi connectivity index (χ3v) is 24.2. The number of aliphatic hydroxyl groups excluding tert-OH is 2. The number of benzene rings is 8. The molecule has 0 unspecified atom stereocenters. The molecule has 10 aromatic heterocycles. The van der Waals surface area contributed by atoms with E-state index < -0.39 is 15.8 Å². The van der Waals surface area contributed by atoms with E-state index in [0.29, 0.717) is 11.6 Å². The fourth-order valence-electron chi connectivity index (χ4n) is 10.8. The van der Waals surface area contributed by atoms with Crippen molar-refractivity contribution in [3.63, 3.8) is 0 Å². The molecule has 0 atom stereocenters. The number of aryl methyl sites for hydroxylation is 2. The number of aromatic nitrogens is 10. The molecule has 0 saturated heterocycles. The van der Waals surface area contributed by atoms with Crippen molar-refractivity contribution in [2.75, 3.05) is 13.3 Å². The van der Waals surface area contributed by atoms with Gasteiger partial charge in [-0.2, -0.15) is 23.5 Å². The number of para-hydroxylation sites is 1. The monoisotopic (exact) mass is 2630 g/mol. The van der Waals surface area contributed by atoms with E-state index in [2.05, 4.69) is 233 Å². The molecular weight excluding hydrogens is 2540 g/mol. The first kappa shape index (κ1) is 107. The third kappa shape index (κ3) is 39.6. The summed E-state index contributed by atoms with van der Waals surface area (Å²) in [5.41, 5.74) is 9.90. The molecule has 0 spiro atoms. The van der Waals surface area contributed by atoms with Crippen molar-refractivity contribution >= 4 is 103 Å². The van der Waals surface area contributed by atoms with Gasteiger partial charge in [-0.25, -0.2) is 22.7 Å². The molecule has 8 aromatic carbocycles. The summed E-state index contributed by atoms with van der Waals surface area (Å²) in [4.78, 5) is 56.2. The van der Waals surface area contributed by atoms with Crippen molar-refractivity contribution in [3.05, 3.63) is 429 Å². The number of nitrogens with zero attached hydrogens (tertiary/aromatic N) is 10. The first-order valence-electron chi connectivity index (χ1n) is 38.2. The number of rotatable bonds is 12. The van der Waals surface area contributed by atoms with Crippen LogP contribution in [0.2, 0.25) is 0 Å². The van der Waals surface area contributed by atoms with Crippen LogP contribution in [0.5, 0.6) is 0 Å². The average molecular weight is 2630 g/mol. The summed E-state index contributed by atoms with van der Waals surface area (Å²) in [5.74, 6) is 1.15. The number of hydrogen-bond donors (Lipinski definition) is 2. The molecule has 2 N–H and O–H groups in total. The van der Waals surface area contributed by atoms with Crippen molar-refractivity contribution in [3.8, 4) is 65.9 Å². The number of hydrogen-bond acceptors (Lipinski definition) is 16. The van der Waals surface area contributed by atoms with Gasteiger partial charge in [0.25, 0.3) is 0 Å². The predicted molar refractivity (Wildman–Crippen MR) is 505 cm³/mol. The zero-order valence-electron chi connectivity index (χ0n) is 69.5. The van der Waals surface area contributed by atoms with Gasteiger partial charge in [0.05, 0.1) is 84.5 Å².